The normalized spacial score (nSPS) is 18.3. The second-order valence-electron chi connectivity index (χ2n) is 5.57. The average Bonchev–Trinajstić information content (AvgIpc) is 2.49. The molecule has 0 bridgehead atoms. The number of methoxy groups -OCH3 is 1. The molecule has 0 spiro atoms. The van der Waals surface area contributed by atoms with E-state index in [-0.39, 0.29) is 6.04 Å². The lowest BCUT2D eigenvalue weighted by molar-refractivity contribution is 0.0819. The maximum absolute atomic E-state index is 6.13. The minimum Gasteiger partial charge on any atom is -0.381 e. The molecule has 112 valence electrons. The molecule has 0 amide bonds. The third-order valence-electron chi connectivity index (χ3n) is 4.17. The zero-order chi connectivity index (χ0) is 14.5. The Bertz CT molecular complexity index is 430. The quantitative estimate of drug-likeness (QED) is 0.893. The summed E-state index contributed by atoms with van der Waals surface area (Å²) in [6.45, 7) is 4.26. The first-order chi connectivity index (χ1) is 9.63. The number of nitrogens with two attached hydrogens (primary N) is 1. The second-order valence-corrected chi connectivity index (χ2v) is 6.48. The molecule has 1 aromatic carbocycles. The van der Waals surface area contributed by atoms with E-state index in [0.717, 1.165) is 43.2 Å². The van der Waals surface area contributed by atoms with Crippen LogP contribution in [-0.2, 0) is 11.2 Å². The van der Waals surface area contributed by atoms with Crippen LogP contribution in [0.5, 0.6) is 0 Å². The highest BCUT2D eigenvalue weighted by atomic mass is 79.9. The number of benzene rings is 1. The van der Waals surface area contributed by atoms with Crippen LogP contribution in [0.2, 0.25) is 0 Å². The predicted octanol–water partition coefficient (Wildman–Crippen LogP) is 3.34. The zero-order valence-corrected chi connectivity index (χ0v) is 14.0. The Morgan fingerprint density at radius 1 is 1.40 bits per heavy atom. The van der Waals surface area contributed by atoms with E-state index >= 15 is 0 Å². The molecule has 1 unspecified atom stereocenters. The Morgan fingerprint density at radius 2 is 2.10 bits per heavy atom. The van der Waals surface area contributed by atoms with Gasteiger partial charge < -0.3 is 15.4 Å². The topological polar surface area (TPSA) is 38.5 Å². The van der Waals surface area contributed by atoms with Crippen molar-refractivity contribution in [3.05, 3.63) is 28.2 Å². The molecule has 4 heteroatoms. The van der Waals surface area contributed by atoms with Gasteiger partial charge in [-0.2, -0.15) is 0 Å². The number of hydrogen-bond acceptors (Lipinski definition) is 3. The molecule has 1 saturated heterocycles. The van der Waals surface area contributed by atoms with Crippen molar-refractivity contribution in [3.63, 3.8) is 0 Å². The molecule has 2 rings (SSSR count). The van der Waals surface area contributed by atoms with E-state index in [4.69, 9.17) is 10.5 Å². The molecule has 0 aromatic heterocycles. The third-order valence-corrected chi connectivity index (χ3v) is 4.66. The summed E-state index contributed by atoms with van der Waals surface area (Å²) in [6.07, 6.45) is 4.58. The van der Waals surface area contributed by atoms with Gasteiger partial charge in [0.25, 0.3) is 0 Å². The first-order valence-electron chi connectivity index (χ1n) is 7.45. The SMILES string of the molecule is CCC(N)Cc1ccc(Br)cc1N1CCC(OC)CC1. The minimum atomic E-state index is 0.242. The van der Waals surface area contributed by atoms with Crippen LogP contribution in [0.25, 0.3) is 0 Å². The average molecular weight is 341 g/mol. The van der Waals surface area contributed by atoms with Crippen LogP contribution in [-0.4, -0.2) is 32.3 Å². The van der Waals surface area contributed by atoms with Gasteiger partial charge in [-0.05, 0) is 43.4 Å². The van der Waals surface area contributed by atoms with Gasteiger partial charge in [-0.3, -0.25) is 0 Å². The largest absolute Gasteiger partial charge is 0.381 e. The van der Waals surface area contributed by atoms with Crippen molar-refractivity contribution in [2.75, 3.05) is 25.1 Å². The summed E-state index contributed by atoms with van der Waals surface area (Å²) in [5, 5.41) is 0. The van der Waals surface area contributed by atoms with Gasteiger partial charge in [-0.1, -0.05) is 28.9 Å². The fraction of sp³-hybridized carbons (Fsp3) is 0.625. The summed E-state index contributed by atoms with van der Waals surface area (Å²) in [6, 6.07) is 6.79. The highest BCUT2D eigenvalue weighted by Crippen LogP contribution is 2.29. The van der Waals surface area contributed by atoms with Crippen LogP contribution in [0.1, 0.15) is 31.7 Å². The molecule has 1 atom stereocenters. The van der Waals surface area contributed by atoms with E-state index in [1.165, 1.54) is 11.3 Å². The first kappa shape index (κ1) is 15.8. The monoisotopic (exact) mass is 340 g/mol. The molecule has 1 aliphatic rings. The molecule has 1 aliphatic heterocycles. The molecule has 0 aliphatic carbocycles. The molecule has 20 heavy (non-hydrogen) atoms. The maximum Gasteiger partial charge on any atom is 0.0605 e. The lowest BCUT2D eigenvalue weighted by Crippen LogP contribution is -2.37. The van der Waals surface area contributed by atoms with Crippen molar-refractivity contribution in [2.45, 2.75) is 44.8 Å². The molecular formula is C16H25BrN2O. The van der Waals surface area contributed by atoms with Gasteiger partial charge in [-0.25, -0.2) is 0 Å². The molecule has 0 saturated carbocycles. The number of anilines is 1. The fourth-order valence-electron chi connectivity index (χ4n) is 2.76. The number of hydrogen-bond donors (Lipinski definition) is 1. The van der Waals surface area contributed by atoms with Gasteiger partial charge in [0, 0.05) is 36.4 Å². The molecule has 2 N–H and O–H groups in total. The van der Waals surface area contributed by atoms with Crippen molar-refractivity contribution >= 4 is 21.6 Å². The van der Waals surface area contributed by atoms with Crippen LogP contribution in [0.4, 0.5) is 5.69 Å². The lowest BCUT2D eigenvalue weighted by atomic mass is 10.00. The molecular weight excluding hydrogens is 316 g/mol. The maximum atomic E-state index is 6.13. The van der Waals surface area contributed by atoms with Gasteiger partial charge in [0.2, 0.25) is 0 Å². The Morgan fingerprint density at radius 3 is 2.70 bits per heavy atom. The predicted molar refractivity (Wildman–Crippen MR) is 88.4 cm³/mol. The Labute approximate surface area is 130 Å². The van der Waals surface area contributed by atoms with Gasteiger partial charge in [0.15, 0.2) is 0 Å². The summed E-state index contributed by atoms with van der Waals surface area (Å²) >= 11 is 3.59. The number of ether oxygens (including phenoxy) is 1. The van der Waals surface area contributed by atoms with E-state index in [1.807, 2.05) is 7.11 Å². The van der Waals surface area contributed by atoms with Crippen molar-refractivity contribution in [1.29, 1.82) is 0 Å². The van der Waals surface area contributed by atoms with Crippen LogP contribution in [0.15, 0.2) is 22.7 Å². The van der Waals surface area contributed by atoms with Crippen molar-refractivity contribution < 1.29 is 4.74 Å². The van der Waals surface area contributed by atoms with Gasteiger partial charge in [-0.15, -0.1) is 0 Å². The molecule has 0 radical (unpaired) electrons. The molecule has 1 aromatic rings. The lowest BCUT2D eigenvalue weighted by Gasteiger charge is -2.34. The van der Waals surface area contributed by atoms with Gasteiger partial charge in [0.1, 0.15) is 0 Å². The minimum absolute atomic E-state index is 0.242. The van der Waals surface area contributed by atoms with E-state index in [2.05, 4.69) is 46.0 Å². The van der Waals surface area contributed by atoms with Crippen LogP contribution >= 0.6 is 15.9 Å². The van der Waals surface area contributed by atoms with Crippen LogP contribution < -0.4 is 10.6 Å². The molecule has 1 fully saturated rings. The summed E-state index contributed by atoms with van der Waals surface area (Å²) in [5.41, 5.74) is 8.83. The standard InChI is InChI=1S/C16H25BrN2O/c1-3-14(18)10-12-4-5-13(17)11-16(12)19-8-6-15(20-2)7-9-19/h4-5,11,14-15H,3,6-10,18H2,1-2H3. The molecule has 1 heterocycles. The summed E-state index contributed by atoms with van der Waals surface area (Å²) in [4.78, 5) is 2.47. The van der Waals surface area contributed by atoms with Crippen LogP contribution in [0, 0.1) is 0 Å². The first-order valence-corrected chi connectivity index (χ1v) is 8.25. The van der Waals surface area contributed by atoms with Gasteiger partial charge >= 0.3 is 0 Å². The Balaban J connectivity index is 2.15. The van der Waals surface area contributed by atoms with E-state index in [9.17, 15) is 0 Å². The van der Waals surface area contributed by atoms with Crippen molar-refractivity contribution in [1.82, 2.24) is 0 Å². The van der Waals surface area contributed by atoms with Gasteiger partial charge in [0.05, 0.1) is 6.10 Å². The summed E-state index contributed by atoms with van der Waals surface area (Å²) in [7, 11) is 1.81. The number of piperidine rings is 1. The number of halogens is 1. The summed E-state index contributed by atoms with van der Waals surface area (Å²) < 4.78 is 6.59. The second kappa shape index (κ2) is 7.43. The zero-order valence-electron chi connectivity index (χ0n) is 12.4. The smallest absolute Gasteiger partial charge is 0.0605 e. The number of rotatable bonds is 5. The van der Waals surface area contributed by atoms with Crippen molar-refractivity contribution in [3.8, 4) is 0 Å². The summed E-state index contributed by atoms with van der Waals surface area (Å²) in [5.74, 6) is 0. The highest BCUT2D eigenvalue weighted by molar-refractivity contribution is 9.10. The number of nitrogens with zero attached hydrogens (tertiary/aromatic N) is 1. The fourth-order valence-corrected chi connectivity index (χ4v) is 3.11. The van der Waals surface area contributed by atoms with Crippen LogP contribution in [0.3, 0.4) is 0 Å². The third kappa shape index (κ3) is 3.96. The molecule has 3 nitrogen and oxygen atoms in total. The van der Waals surface area contributed by atoms with E-state index in [1.54, 1.807) is 0 Å². The van der Waals surface area contributed by atoms with E-state index < -0.39 is 0 Å². The van der Waals surface area contributed by atoms with Crippen molar-refractivity contribution in [2.24, 2.45) is 5.73 Å². The highest BCUT2D eigenvalue weighted by Gasteiger charge is 2.21. The van der Waals surface area contributed by atoms with E-state index in [0.29, 0.717) is 6.10 Å². The Kier molecular flexibility index (Phi) is 5.87. The Hall–Kier alpha value is -0.580.